The maximum atomic E-state index is 10.7. The van der Waals surface area contributed by atoms with Crippen LogP contribution in [0, 0.1) is 0 Å². The van der Waals surface area contributed by atoms with Gasteiger partial charge in [0.1, 0.15) is 0 Å². The molecular formula is C12H11BrO2. The number of hydrogen-bond donors (Lipinski definition) is 0. The van der Waals surface area contributed by atoms with E-state index in [0.29, 0.717) is 0 Å². The fourth-order valence-electron chi connectivity index (χ4n) is 0.943. The van der Waals surface area contributed by atoms with Gasteiger partial charge in [0.25, 0.3) is 0 Å². The third-order valence-corrected chi connectivity index (χ3v) is 2.23. The van der Waals surface area contributed by atoms with Gasteiger partial charge in [0.15, 0.2) is 0 Å². The Morgan fingerprint density at radius 1 is 1.27 bits per heavy atom. The van der Waals surface area contributed by atoms with E-state index in [4.69, 9.17) is 0 Å². The van der Waals surface area contributed by atoms with Crippen LogP contribution in [0.5, 0.6) is 0 Å². The molecule has 0 aliphatic rings. The average Bonchev–Trinajstić information content (AvgIpc) is 2.26. The third-order valence-electron chi connectivity index (χ3n) is 1.70. The Morgan fingerprint density at radius 2 is 1.93 bits per heavy atom. The molecule has 0 unspecified atom stereocenters. The van der Waals surface area contributed by atoms with Crippen molar-refractivity contribution in [2.75, 3.05) is 7.11 Å². The van der Waals surface area contributed by atoms with Crippen LogP contribution in [0.3, 0.4) is 0 Å². The molecule has 0 saturated carbocycles. The molecule has 2 nitrogen and oxygen atoms in total. The normalized spacial score (nSPS) is 11.1. The molecule has 1 aromatic rings. The summed E-state index contributed by atoms with van der Waals surface area (Å²) < 4.78 is 5.50. The predicted octanol–water partition coefficient (Wildman–Crippen LogP) is 3.19. The van der Waals surface area contributed by atoms with Crippen LogP contribution in [0.15, 0.2) is 47.0 Å². The molecule has 0 spiro atoms. The Balaban J connectivity index is 2.55. The van der Waals surface area contributed by atoms with Gasteiger partial charge in [-0.3, -0.25) is 0 Å². The highest BCUT2D eigenvalue weighted by Gasteiger charge is 1.88. The molecule has 78 valence electrons. The van der Waals surface area contributed by atoms with E-state index in [9.17, 15) is 4.79 Å². The van der Waals surface area contributed by atoms with Crippen LogP contribution >= 0.6 is 15.9 Å². The fraction of sp³-hybridized carbons (Fsp3) is 0.0833. The Labute approximate surface area is 97.4 Å². The van der Waals surface area contributed by atoms with Gasteiger partial charge in [0.05, 0.1) is 7.11 Å². The molecule has 0 aromatic heterocycles. The average molecular weight is 267 g/mol. The van der Waals surface area contributed by atoms with Crippen molar-refractivity contribution < 1.29 is 9.53 Å². The highest BCUT2D eigenvalue weighted by atomic mass is 79.9. The molecule has 1 aromatic carbocycles. The lowest BCUT2D eigenvalue weighted by Crippen LogP contribution is -1.92. The highest BCUT2D eigenvalue weighted by Crippen LogP contribution is 2.11. The van der Waals surface area contributed by atoms with Gasteiger partial charge in [-0.25, -0.2) is 4.79 Å². The summed E-state index contributed by atoms with van der Waals surface area (Å²) in [5.74, 6) is -0.351. The lowest BCUT2D eigenvalue weighted by molar-refractivity contribution is -0.134. The first kappa shape index (κ1) is 11.7. The second kappa shape index (κ2) is 6.19. The minimum absolute atomic E-state index is 0.351. The quantitative estimate of drug-likeness (QED) is 0.477. The van der Waals surface area contributed by atoms with E-state index in [-0.39, 0.29) is 5.97 Å². The Bertz CT molecular complexity index is 377. The molecule has 3 heteroatoms. The number of benzene rings is 1. The smallest absolute Gasteiger partial charge is 0.330 e. The lowest BCUT2D eigenvalue weighted by atomic mass is 10.2. The van der Waals surface area contributed by atoms with Crippen molar-refractivity contribution in [1.29, 1.82) is 0 Å². The van der Waals surface area contributed by atoms with Crippen LogP contribution in [-0.4, -0.2) is 13.1 Å². The second-order valence-electron chi connectivity index (χ2n) is 2.79. The molecule has 0 aliphatic carbocycles. The summed E-state index contributed by atoms with van der Waals surface area (Å²) >= 11 is 3.36. The van der Waals surface area contributed by atoms with Crippen LogP contribution in [0.4, 0.5) is 0 Å². The summed E-state index contributed by atoms with van der Waals surface area (Å²) in [6, 6.07) is 7.88. The summed E-state index contributed by atoms with van der Waals surface area (Å²) in [6.45, 7) is 0. The van der Waals surface area contributed by atoms with Gasteiger partial charge in [-0.2, -0.15) is 0 Å². The van der Waals surface area contributed by atoms with Crippen LogP contribution in [0.2, 0.25) is 0 Å². The number of halogens is 1. The zero-order valence-corrected chi connectivity index (χ0v) is 9.90. The standard InChI is InChI=1S/C12H11BrO2/c1-15-12(14)5-3-2-4-10-6-8-11(13)9-7-10/h2-9H,1H3/b4-2-,5-3-. The first-order valence-electron chi connectivity index (χ1n) is 4.40. The summed E-state index contributed by atoms with van der Waals surface area (Å²) in [5.41, 5.74) is 1.08. The molecule has 0 saturated heterocycles. The number of carbonyl (C=O) groups is 1. The molecule has 1 rings (SSSR count). The van der Waals surface area contributed by atoms with Crippen LogP contribution in [0.1, 0.15) is 5.56 Å². The molecular weight excluding hydrogens is 256 g/mol. The molecule has 0 atom stereocenters. The van der Waals surface area contributed by atoms with Crippen molar-refractivity contribution in [2.24, 2.45) is 0 Å². The number of rotatable bonds is 3. The van der Waals surface area contributed by atoms with Crippen molar-refractivity contribution in [3.05, 3.63) is 52.5 Å². The van der Waals surface area contributed by atoms with Crippen molar-refractivity contribution >= 4 is 28.0 Å². The van der Waals surface area contributed by atoms with Crippen LogP contribution in [-0.2, 0) is 9.53 Å². The zero-order chi connectivity index (χ0) is 11.1. The molecule has 0 aliphatic heterocycles. The van der Waals surface area contributed by atoms with Crippen molar-refractivity contribution in [3.8, 4) is 0 Å². The first-order valence-corrected chi connectivity index (χ1v) is 5.20. The summed E-state index contributed by atoms with van der Waals surface area (Å²) in [6.07, 6.45) is 6.72. The fourth-order valence-corrected chi connectivity index (χ4v) is 1.21. The van der Waals surface area contributed by atoms with Crippen molar-refractivity contribution in [1.82, 2.24) is 0 Å². The Morgan fingerprint density at radius 3 is 2.53 bits per heavy atom. The molecule has 0 heterocycles. The predicted molar refractivity (Wildman–Crippen MR) is 64.3 cm³/mol. The number of esters is 1. The van der Waals surface area contributed by atoms with E-state index >= 15 is 0 Å². The van der Waals surface area contributed by atoms with Crippen molar-refractivity contribution in [3.63, 3.8) is 0 Å². The first-order chi connectivity index (χ1) is 7.22. The number of hydrogen-bond acceptors (Lipinski definition) is 2. The monoisotopic (exact) mass is 266 g/mol. The second-order valence-corrected chi connectivity index (χ2v) is 3.71. The molecule has 0 radical (unpaired) electrons. The molecule has 0 amide bonds. The largest absolute Gasteiger partial charge is 0.466 e. The third kappa shape index (κ3) is 4.61. The summed E-state index contributed by atoms with van der Waals surface area (Å²) in [5, 5.41) is 0. The number of methoxy groups -OCH3 is 1. The van der Waals surface area contributed by atoms with Gasteiger partial charge in [0.2, 0.25) is 0 Å². The highest BCUT2D eigenvalue weighted by molar-refractivity contribution is 9.10. The van der Waals surface area contributed by atoms with Gasteiger partial charge in [-0.1, -0.05) is 46.3 Å². The van der Waals surface area contributed by atoms with Gasteiger partial charge in [-0.05, 0) is 17.7 Å². The van der Waals surface area contributed by atoms with E-state index in [1.165, 1.54) is 13.2 Å². The van der Waals surface area contributed by atoms with Gasteiger partial charge < -0.3 is 4.74 Å². The van der Waals surface area contributed by atoms with Crippen LogP contribution < -0.4 is 0 Å². The Kier molecular flexibility index (Phi) is 4.84. The molecule has 15 heavy (non-hydrogen) atoms. The topological polar surface area (TPSA) is 26.3 Å². The van der Waals surface area contributed by atoms with E-state index in [2.05, 4.69) is 20.7 Å². The number of allylic oxidation sites excluding steroid dienone is 2. The van der Waals surface area contributed by atoms with Crippen molar-refractivity contribution in [2.45, 2.75) is 0 Å². The molecule has 0 N–H and O–H groups in total. The number of ether oxygens (including phenoxy) is 1. The molecule has 0 bridgehead atoms. The van der Waals surface area contributed by atoms with E-state index in [0.717, 1.165) is 10.0 Å². The number of carbonyl (C=O) groups excluding carboxylic acids is 1. The summed E-state index contributed by atoms with van der Waals surface area (Å²) in [7, 11) is 1.35. The van der Waals surface area contributed by atoms with E-state index in [1.807, 2.05) is 30.3 Å². The van der Waals surface area contributed by atoms with Gasteiger partial charge in [-0.15, -0.1) is 0 Å². The zero-order valence-electron chi connectivity index (χ0n) is 8.31. The maximum Gasteiger partial charge on any atom is 0.330 e. The van der Waals surface area contributed by atoms with E-state index in [1.54, 1.807) is 12.2 Å². The maximum absolute atomic E-state index is 10.7. The minimum Gasteiger partial charge on any atom is -0.466 e. The summed E-state index contributed by atoms with van der Waals surface area (Å²) in [4.78, 5) is 10.7. The lowest BCUT2D eigenvalue weighted by Gasteiger charge is -1.92. The minimum atomic E-state index is -0.351. The van der Waals surface area contributed by atoms with E-state index < -0.39 is 0 Å². The SMILES string of the molecule is COC(=O)/C=C\C=C/c1ccc(Br)cc1. The van der Waals surface area contributed by atoms with Gasteiger partial charge in [0, 0.05) is 10.5 Å². The molecule has 0 fully saturated rings. The van der Waals surface area contributed by atoms with Crippen LogP contribution in [0.25, 0.3) is 6.08 Å². The Hall–Kier alpha value is -1.35. The van der Waals surface area contributed by atoms with Gasteiger partial charge >= 0.3 is 5.97 Å².